The van der Waals surface area contributed by atoms with E-state index in [1.165, 1.54) is 0 Å². The van der Waals surface area contributed by atoms with Crippen molar-refractivity contribution in [2.24, 2.45) is 0 Å². The number of fused-ring (bicyclic) bond motifs is 1. The largest absolute Gasteiger partial charge is 0.378 e. The molecule has 0 radical (unpaired) electrons. The number of rotatable bonds is 4. The van der Waals surface area contributed by atoms with Crippen LogP contribution in [0.4, 0.5) is 11.4 Å². The van der Waals surface area contributed by atoms with Crippen molar-refractivity contribution >= 4 is 33.5 Å². The lowest BCUT2D eigenvalue weighted by atomic mass is 10.1. The molecule has 2 N–H and O–H groups in total. The number of nitrogens with one attached hydrogen (secondary N) is 1. The van der Waals surface area contributed by atoms with Crippen LogP contribution in [0, 0.1) is 0 Å². The molecule has 1 atom stereocenters. The van der Waals surface area contributed by atoms with Gasteiger partial charge in [-0.15, -0.1) is 0 Å². The second-order valence-electron chi connectivity index (χ2n) is 4.45. The Morgan fingerprint density at radius 1 is 0.905 bits per heavy atom. The molecule has 106 valence electrons. The fraction of sp³-hybridized carbons (Fsp3) is 0. The zero-order valence-electron chi connectivity index (χ0n) is 11.0. The molecule has 4 nitrogen and oxygen atoms in total. The number of hydrogen-bond acceptors (Lipinski definition) is 3. The van der Waals surface area contributed by atoms with Crippen LogP contribution in [-0.2, 0) is 11.4 Å². The summed E-state index contributed by atoms with van der Waals surface area (Å²) >= 11 is -2.37. The number of benzene rings is 3. The monoisotopic (exact) mass is 299 g/mol. The van der Waals surface area contributed by atoms with Crippen molar-refractivity contribution in [1.82, 2.24) is 0 Å². The molecular weight excluding hydrogens is 286 g/mol. The van der Waals surface area contributed by atoms with Gasteiger partial charge in [-0.25, -0.2) is 0 Å². The van der Waals surface area contributed by atoms with Crippen molar-refractivity contribution in [3.05, 3.63) is 66.7 Å². The lowest BCUT2D eigenvalue weighted by Crippen LogP contribution is -2.01. The van der Waals surface area contributed by atoms with Gasteiger partial charge < -0.3 is 9.50 Å². The molecule has 0 aliphatic carbocycles. The summed E-state index contributed by atoms with van der Waals surface area (Å²) in [5, 5.41) is 5.19. The Hall–Kier alpha value is -2.37. The summed E-state index contributed by atoms with van der Waals surface area (Å²) in [6.45, 7) is 0. The van der Waals surface area contributed by atoms with E-state index in [0.717, 1.165) is 16.5 Å². The van der Waals surface area contributed by atoms with Crippen molar-refractivity contribution < 1.29 is 12.9 Å². The summed E-state index contributed by atoms with van der Waals surface area (Å²) in [5.74, 6) is 0.332. The minimum absolute atomic E-state index is 0.332. The van der Waals surface area contributed by atoms with Gasteiger partial charge in [0, 0.05) is 11.1 Å². The summed E-state index contributed by atoms with van der Waals surface area (Å²) < 4.78 is 25.0. The van der Waals surface area contributed by atoms with E-state index < -0.39 is 11.4 Å². The van der Waals surface area contributed by atoms with E-state index in [-0.39, 0.29) is 0 Å². The normalized spacial score (nSPS) is 12.0. The Bertz CT molecular complexity index is 790. The molecule has 0 aliphatic rings. The smallest absolute Gasteiger partial charge is 0.357 e. The minimum Gasteiger partial charge on any atom is -0.378 e. The summed E-state index contributed by atoms with van der Waals surface area (Å²) in [7, 11) is 0. The van der Waals surface area contributed by atoms with E-state index in [0.29, 0.717) is 11.4 Å². The van der Waals surface area contributed by atoms with Crippen LogP contribution in [0.1, 0.15) is 0 Å². The third-order valence-corrected chi connectivity index (χ3v) is 3.42. The van der Waals surface area contributed by atoms with Crippen LogP contribution in [0.25, 0.3) is 10.8 Å². The van der Waals surface area contributed by atoms with Gasteiger partial charge in [-0.1, -0.05) is 48.5 Å². The Morgan fingerprint density at radius 2 is 1.62 bits per heavy atom. The molecule has 0 aromatic heterocycles. The highest BCUT2D eigenvalue weighted by Gasteiger charge is 2.11. The van der Waals surface area contributed by atoms with Crippen molar-refractivity contribution in [1.29, 1.82) is 0 Å². The zero-order valence-corrected chi connectivity index (χ0v) is 11.8. The first-order valence-corrected chi connectivity index (χ1v) is 7.40. The van der Waals surface area contributed by atoms with Gasteiger partial charge in [0.2, 0.25) is 0 Å². The number of hydrogen-bond donors (Lipinski definition) is 2. The molecule has 0 aliphatic heterocycles. The molecule has 0 bridgehead atoms. The van der Waals surface area contributed by atoms with Gasteiger partial charge in [0.05, 0.1) is 5.69 Å². The molecule has 1 unspecified atom stereocenters. The molecule has 3 aromatic carbocycles. The second-order valence-corrected chi connectivity index (χ2v) is 5.05. The van der Waals surface area contributed by atoms with Crippen LogP contribution in [0.3, 0.4) is 0 Å². The predicted octanol–water partition coefficient (Wildman–Crippen LogP) is 4.10. The first-order chi connectivity index (χ1) is 10.2. The van der Waals surface area contributed by atoms with Gasteiger partial charge >= 0.3 is 11.4 Å². The van der Waals surface area contributed by atoms with Crippen LogP contribution >= 0.6 is 0 Å². The molecule has 21 heavy (non-hydrogen) atoms. The van der Waals surface area contributed by atoms with E-state index in [1.807, 2.05) is 60.7 Å². The molecule has 0 saturated carbocycles. The van der Waals surface area contributed by atoms with Crippen LogP contribution in [0.15, 0.2) is 66.7 Å². The molecular formula is C16H13NO3S. The van der Waals surface area contributed by atoms with Gasteiger partial charge in [-0.05, 0) is 23.6 Å². The van der Waals surface area contributed by atoms with Gasteiger partial charge in [0.25, 0.3) is 0 Å². The quantitative estimate of drug-likeness (QED) is 0.712. The third-order valence-electron chi connectivity index (χ3n) is 3.09. The van der Waals surface area contributed by atoms with Crippen molar-refractivity contribution in [2.45, 2.75) is 0 Å². The first kappa shape index (κ1) is 13.6. The highest BCUT2D eigenvalue weighted by atomic mass is 32.2. The standard InChI is InChI=1S/C16H13NO3S/c18-21(19)20-15-11-10-12-6-4-5-9-14(12)16(15)17-13-7-2-1-3-8-13/h1-11,17H,(H,18,19). The maximum Gasteiger partial charge on any atom is 0.357 e. The predicted molar refractivity (Wildman–Crippen MR) is 85.1 cm³/mol. The molecule has 0 heterocycles. The SMILES string of the molecule is O=S(O)Oc1ccc2ccccc2c1Nc1ccccc1. The van der Waals surface area contributed by atoms with Crippen LogP contribution in [0.5, 0.6) is 5.75 Å². The summed E-state index contributed by atoms with van der Waals surface area (Å²) in [6.07, 6.45) is 0. The molecule has 5 heteroatoms. The molecule has 3 aromatic rings. The van der Waals surface area contributed by atoms with Crippen LogP contribution in [0.2, 0.25) is 0 Å². The zero-order chi connectivity index (χ0) is 14.7. The highest BCUT2D eigenvalue weighted by molar-refractivity contribution is 7.74. The Morgan fingerprint density at radius 3 is 2.38 bits per heavy atom. The number of anilines is 2. The van der Waals surface area contributed by atoms with Crippen LogP contribution in [-0.4, -0.2) is 8.76 Å². The fourth-order valence-electron chi connectivity index (χ4n) is 2.19. The van der Waals surface area contributed by atoms with Crippen molar-refractivity contribution in [2.75, 3.05) is 5.32 Å². The lowest BCUT2D eigenvalue weighted by molar-refractivity contribution is 0.459. The summed E-state index contributed by atoms with van der Waals surface area (Å²) in [5.41, 5.74) is 1.55. The Labute approximate surface area is 124 Å². The molecule has 0 fully saturated rings. The average molecular weight is 299 g/mol. The topological polar surface area (TPSA) is 58.6 Å². The minimum atomic E-state index is -2.37. The van der Waals surface area contributed by atoms with E-state index in [2.05, 4.69) is 5.32 Å². The maximum atomic E-state index is 11.0. The first-order valence-electron chi connectivity index (χ1n) is 6.37. The molecule has 0 amide bonds. The van der Waals surface area contributed by atoms with Crippen LogP contribution < -0.4 is 9.50 Å². The van der Waals surface area contributed by atoms with E-state index in [1.54, 1.807) is 6.07 Å². The maximum absolute atomic E-state index is 11.0. The summed E-state index contributed by atoms with van der Waals surface area (Å²) in [6, 6.07) is 20.9. The van der Waals surface area contributed by atoms with Crippen molar-refractivity contribution in [3.8, 4) is 5.75 Å². The molecule has 3 rings (SSSR count). The fourth-order valence-corrected chi connectivity index (χ4v) is 2.49. The Kier molecular flexibility index (Phi) is 3.85. The third kappa shape index (κ3) is 3.04. The van der Waals surface area contributed by atoms with Gasteiger partial charge in [0.15, 0.2) is 5.75 Å². The summed E-state index contributed by atoms with van der Waals surface area (Å²) in [4.78, 5) is 0. The number of para-hydroxylation sites is 1. The van der Waals surface area contributed by atoms with E-state index >= 15 is 0 Å². The van der Waals surface area contributed by atoms with Gasteiger partial charge in [-0.2, -0.15) is 4.21 Å². The molecule has 0 spiro atoms. The van der Waals surface area contributed by atoms with Gasteiger partial charge in [0.1, 0.15) is 0 Å². The van der Waals surface area contributed by atoms with Crippen molar-refractivity contribution in [3.63, 3.8) is 0 Å². The van der Waals surface area contributed by atoms with E-state index in [9.17, 15) is 4.21 Å². The molecule has 0 saturated heterocycles. The highest BCUT2D eigenvalue weighted by Crippen LogP contribution is 2.35. The van der Waals surface area contributed by atoms with Gasteiger partial charge in [-0.3, -0.25) is 4.55 Å². The Balaban J connectivity index is 2.13. The second kappa shape index (κ2) is 5.95. The lowest BCUT2D eigenvalue weighted by Gasteiger charge is -2.14. The average Bonchev–Trinajstić information content (AvgIpc) is 2.50. The van der Waals surface area contributed by atoms with E-state index in [4.69, 9.17) is 8.74 Å².